The second kappa shape index (κ2) is 6.87. The second-order valence-corrected chi connectivity index (χ2v) is 7.23. The van der Waals surface area contributed by atoms with Crippen molar-refractivity contribution in [2.75, 3.05) is 0 Å². The zero-order chi connectivity index (χ0) is 19.3. The van der Waals surface area contributed by atoms with Crippen molar-refractivity contribution < 1.29 is 4.42 Å². The summed E-state index contributed by atoms with van der Waals surface area (Å²) < 4.78 is 6.72. The quantitative estimate of drug-likeness (QED) is 0.449. The lowest BCUT2D eigenvalue weighted by Gasteiger charge is -2.21. The Hall–Kier alpha value is -2.00. The molecule has 0 saturated carbocycles. The molecule has 0 aliphatic rings. The summed E-state index contributed by atoms with van der Waals surface area (Å²) in [4.78, 5) is 0. The highest BCUT2D eigenvalue weighted by Gasteiger charge is 2.15. The van der Waals surface area contributed by atoms with Crippen LogP contribution in [-0.2, 0) is 0 Å². The first kappa shape index (κ1) is 18.4. The van der Waals surface area contributed by atoms with Crippen molar-refractivity contribution in [3.8, 4) is 22.3 Å². The molecule has 4 aromatic rings. The van der Waals surface area contributed by atoms with E-state index in [1.165, 1.54) is 0 Å². The average Bonchev–Trinajstić information content (AvgIpc) is 3.09. The molecule has 27 heavy (non-hydrogen) atoms. The fraction of sp³-hybridized carbons (Fsp3) is 0. The Labute approximate surface area is 173 Å². The molecule has 0 spiro atoms. The molecule has 1 nitrogen and oxygen atoms in total. The zero-order valence-corrected chi connectivity index (χ0v) is 15.9. The van der Waals surface area contributed by atoms with Gasteiger partial charge in [-0.2, -0.15) is 0 Å². The van der Waals surface area contributed by atoms with Crippen molar-refractivity contribution in [2.24, 2.45) is 0 Å². The first-order valence-corrected chi connectivity index (χ1v) is 8.96. The van der Waals surface area contributed by atoms with Crippen LogP contribution in [-0.4, -0.2) is 39.2 Å². The Balaban J connectivity index is 1.95. The standard InChI is InChI=1S/C20H8B5BrO/c21-16-15(17(22)19(24)20(25)18(16)23)10-3-6-14-12(7-10)13(8-27-14)9-1-4-11(26)5-2-9/h1-8H. The number of benzene rings is 3. The minimum atomic E-state index is 0.202. The van der Waals surface area contributed by atoms with Crippen molar-refractivity contribution in [2.45, 2.75) is 0 Å². The number of furan rings is 1. The van der Waals surface area contributed by atoms with E-state index in [9.17, 15) is 0 Å². The highest BCUT2D eigenvalue weighted by Crippen LogP contribution is 2.33. The SMILES string of the molecule is [B]c1c([B])c([B])c(-c2ccc3occ(-c4ccc(Br)cc4)c3c2)c([B])c1[B]. The smallest absolute Gasteiger partial charge is 0.134 e. The van der Waals surface area contributed by atoms with E-state index in [-0.39, 0.29) is 16.4 Å². The largest absolute Gasteiger partial charge is 0.464 e. The molecule has 4 rings (SSSR count). The molecule has 0 atom stereocenters. The Kier molecular flexibility index (Phi) is 4.67. The van der Waals surface area contributed by atoms with E-state index in [1.807, 2.05) is 42.5 Å². The van der Waals surface area contributed by atoms with E-state index < -0.39 is 0 Å². The normalized spacial score (nSPS) is 11.1. The van der Waals surface area contributed by atoms with Crippen molar-refractivity contribution in [1.82, 2.24) is 0 Å². The summed E-state index contributed by atoms with van der Waals surface area (Å²) in [5.74, 6) is 0. The summed E-state index contributed by atoms with van der Waals surface area (Å²) in [5.41, 5.74) is 5.41. The first-order valence-electron chi connectivity index (χ1n) is 8.17. The molecule has 0 aliphatic heterocycles. The van der Waals surface area contributed by atoms with E-state index in [1.54, 1.807) is 6.26 Å². The Morgan fingerprint density at radius 1 is 0.667 bits per heavy atom. The maximum Gasteiger partial charge on any atom is 0.134 e. The van der Waals surface area contributed by atoms with Gasteiger partial charge < -0.3 is 4.42 Å². The fourth-order valence-electron chi connectivity index (χ4n) is 3.20. The predicted octanol–water partition coefficient (Wildman–Crippen LogP) is 0.498. The molecule has 0 unspecified atom stereocenters. The zero-order valence-electron chi connectivity index (χ0n) is 14.3. The maximum atomic E-state index is 6.20. The lowest BCUT2D eigenvalue weighted by atomic mass is 9.59. The maximum absolute atomic E-state index is 6.20. The van der Waals surface area contributed by atoms with E-state index >= 15 is 0 Å². The molecule has 0 aliphatic carbocycles. The molecular weight excluding hydrogens is 390 g/mol. The molecule has 0 fully saturated rings. The minimum absolute atomic E-state index is 0.202. The van der Waals surface area contributed by atoms with Gasteiger partial charge in [-0.1, -0.05) is 45.1 Å². The molecule has 0 amide bonds. The number of rotatable bonds is 2. The molecule has 10 radical (unpaired) electrons. The Morgan fingerprint density at radius 2 is 1.22 bits per heavy atom. The highest BCUT2D eigenvalue weighted by molar-refractivity contribution is 9.10. The van der Waals surface area contributed by atoms with Crippen molar-refractivity contribution in [3.05, 3.63) is 53.2 Å². The van der Waals surface area contributed by atoms with Crippen LogP contribution in [0.15, 0.2) is 57.6 Å². The second-order valence-electron chi connectivity index (χ2n) is 6.31. The third kappa shape index (κ3) is 3.02. The van der Waals surface area contributed by atoms with Gasteiger partial charge in [0.2, 0.25) is 0 Å². The number of hydrogen-bond donors (Lipinski definition) is 0. The van der Waals surface area contributed by atoms with E-state index in [0.29, 0.717) is 16.5 Å². The topological polar surface area (TPSA) is 13.1 Å². The fourth-order valence-corrected chi connectivity index (χ4v) is 3.46. The molecule has 1 aromatic heterocycles. The van der Waals surface area contributed by atoms with Crippen LogP contribution in [0.2, 0.25) is 0 Å². The van der Waals surface area contributed by atoms with Gasteiger partial charge in [0.05, 0.1) is 6.26 Å². The van der Waals surface area contributed by atoms with Crippen LogP contribution in [0, 0.1) is 0 Å². The minimum Gasteiger partial charge on any atom is -0.464 e. The van der Waals surface area contributed by atoms with Gasteiger partial charge in [-0.25, -0.2) is 0 Å². The lowest BCUT2D eigenvalue weighted by molar-refractivity contribution is 0.617. The first-order chi connectivity index (χ1) is 12.9. The third-order valence-electron chi connectivity index (χ3n) is 4.72. The van der Waals surface area contributed by atoms with Gasteiger partial charge >= 0.3 is 0 Å². The third-order valence-corrected chi connectivity index (χ3v) is 5.25. The summed E-state index contributed by atoms with van der Waals surface area (Å²) in [6.45, 7) is 0. The van der Waals surface area contributed by atoms with Gasteiger partial charge in [-0.15, -0.1) is 16.4 Å². The highest BCUT2D eigenvalue weighted by atomic mass is 79.9. The van der Waals surface area contributed by atoms with Crippen LogP contribution in [0.3, 0.4) is 0 Å². The lowest BCUT2D eigenvalue weighted by Crippen LogP contribution is -2.55. The summed E-state index contributed by atoms with van der Waals surface area (Å²) in [7, 11) is 30.3. The summed E-state index contributed by atoms with van der Waals surface area (Å²) >= 11 is 3.45. The molecular formula is C20H8B5BrO. The Bertz CT molecular complexity index is 1150. The molecule has 3 aromatic carbocycles. The van der Waals surface area contributed by atoms with Crippen LogP contribution >= 0.6 is 15.9 Å². The summed E-state index contributed by atoms with van der Waals surface area (Å²) in [6, 6.07) is 13.7. The van der Waals surface area contributed by atoms with E-state index in [2.05, 4.69) is 15.9 Å². The van der Waals surface area contributed by atoms with Crippen LogP contribution in [0.4, 0.5) is 0 Å². The average molecular weight is 398 g/mol. The van der Waals surface area contributed by atoms with E-state index in [0.717, 1.165) is 32.1 Å². The van der Waals surface area contributed by atoms with Crippen molar-refractivity contribution in [3.63, 3.8) is 0 Å². The Morgan fingerprint density at radius 3 is 1.85 bits per heavy atom. The van der Waals surface area contributed by atoms with Crippen LogP contribution < -0.4 is 27.3 Å². The van der Waals surface area contributed by atoms with Crippen LogP contribution in [0.1, 0.15) is 0 Å². The van der Waals surface area contributed by atoms with Gasteiger partial charge in [-0.3, -0.25) is 0 Å². The van der Waals surface area contributed by atoms with Gasteiger partial charge in [0.15, 0.2) is 0 Å². The van der Waals surface area contributed by atoms with Crippen LogP contribution in [0.5, 0.6) is 0 Å². The molecule has 0 bridgehead atoms. The van der Waals surface area contributed by atoms with Gasteiger partial charge in [0, 0.05) is 15.4 Å². The van der Waals surface area contributed by atoms with Gasteiger partial charge in [0.25, 0.3) is 0 Å². The summed E-state index contributed by atoms with van der Waals surface area (Å²) in [6.07, 6.45) is 1.73. The number of halogens is 1. The number of hydrogen-bond acceptors (Lipinski definition) is 1. The molecule has 116 valence electrons. The van der Waals surface area contributed by atoms with Gasteiger partial charge in [0.1, 0.15) is 44.8 Å². The van der Waals surface area contributed by atoms with E-state index in [4.69, 9.17) is 43.6 Å². The monoisotopic (exact) mass is 398 g/mol. The van der Waals surface area contributed by atoms with Gasteiger partial charge in [-0.05, 0) is 41.0 Å². The molecule has 0 saturated heterocycles. The summed E-state index contributed by atoms with van der Waals surface area (Å²) in [5, 5.41) is 0.933. The predicted molar refractivity (Wildman–Crippen MR) is 122 cm³/mol. The number of fused-ring (bicyclic) bond motifs is 1. The molecule has 0 N–H and O–H groups in total. The molecule has 7 heteroatoms. The van der Waals surface area contributed by atoms with Crippen molar-refractivity contribution >= 4 is 93.4 Å². The molecule has 1 heterocycles. The van der Waals surface area contributed by atoms with Crippen LogP contribution in [0.25, 0.3) is 33.2 Å². The van der Waals surface area contributed by atoms with Crippen molar-refractivity contribution in [1.29, 1.82) is 0 Å².